The fourth-order valence-corrected chi connectivity index (χ4v) is 1.85. The lowest BCUT2D eigenvalue weighted by molar-refractivity contribution is -0.136. The largest absolute Gasteiger partial charge is 0.418 e. The van der Waals surface area contributed by atoms with Gasteiger partial charge in [-0.15, -0.1) is 0 Å². The summed E-state index contributed by atoms with van der Waals surface area (Å²) in [5.41, 5.74) is 3.88. The maximum absolute atomic E-state index is 12.3. The van der Waals surface area contributed by atoms with Crippen molar-refractivity contribution in [2.75, 3.05) is 5.73 Å². The Balaban J connectivity index is 3.37. The third kappa shape index (κ3) is 2.40. The average Bonchev–Trinajstić information content (AvgIpc) is 1.94. The van der Waals surface area contributed by atoms with Crippen molar-refractivity contribution in [2.45, 2.75) is 6.18 Å². The van der Waals surface area contributed by atoms with Gasteiger partial charge in [-0.3, -0.25) is 0 Å². The number of hydrogen-bond acceptors (Lipinski definition) is 1. The van der Waals surface area contributed by atoms with Gasteiger partial charge in [0.25, 0.3) is 0 Å². The second-order valence-electron chi connectivity index (χ2n) is 2.35. The lowest BCUT2D eigenvalue weighted by Crippen LogP contribution is -2.09. The SMILES string of the molecule is Nc1c(Cl)cc(I)cc1C(F)(F)F. The van der Waals surface area contributed by atoms with E-state index >= 15 is 0 Å². The van der Waals surface area contributed by atoms with Crippen molar-refractivity contribution in [3.8, 4) is 0 Å². The quantitative estimate of drug-likeness (QED) is 0.574. The summed E-state index contributed by atoms with van der Waals surface area (Å²) in [6, 6.07) is 2.34. The van der Waals surface area contributed by atoms with Crippen LogP contribution in [0.3, 0.4) is 0 Å². The fourth-order valence-electron chi connectivity index (χ4n) is 0.819. The molecule has 2 N–H and O–H groups in total. The second kappa shape index (κ2) is 3.53. The van der Waals surface area contributed by atoms with E-state index in [0.29, 0.717) is 3.57 Å². The van der Waals surface area contributed by atoms with Crippen LogP contribution in [0.15, 0.2) is 12.1 Å². The zero-order chi connectivity index (χ0) is 10.2. The van der Waals surface area contributed by atoms with Gasteiger partial charge in [0.2, 0.25) is 0 Å². The average molecular weight is 321 g/mol. The molecule has 0 atom stereocenters. The summed E-state index contributed by atoms with van der Waals surface area (Å²) in [4.78, 5) is 0. The Bertz CT molecular complexity index is 337. The molecule has 0 radical (unpaired) electrons. The normalized spacial score (nSPS) is 11.8. The molecular formula is C7H4ClF3IN. The minimum absolute atomic E-state index is 0.0702. The van der Waals surface area contributed by atoms with Crippen molar-refractivity contribution in [1.82, 2.24) is 0 Å². The van der Waals surface area contributed by atoms with Gasteiger partial charge in [0, 0.05) is 3.57 Å². The van der Waals surface area contributed by atoms with Gasteiger partial charge in [-0.05, 0) is 34.7 Å². The molecule has 0 saturated heterocycles. The van der Waals surface area contributed by atoms with Crippen molar-refractivity contribution < 1.29 is 13.2 Å². The molecule has 0 aliphatic rings. The summed E-state index contributed by atoms with van der Waals surface area (Å²) in [6.07, 6.45) is -4.45. The highest BCUT2D eigenvalue weighted by Crippen LogP contribution is 2.37. The Kier molecular flexibility index (Phi) is 2.96. The van der Waals surface area contributed by atoms with Crippen molar-refractivity contribution in [3.05, 3.63) is 26.3 Å². The Morgan fingerprint density at radius 1 is 1.31 bits per heavy atom. The first-order valence-electron chi connectivity index (χ1n) is 3.14. The lowest BCUT2D eigenvalue weighted by Gasteiger charge is -2.11. The lowest BCUT2D eigenvalue weighted by atomic mass is 10.2. The number of hydrogen-bond donors (Lipinski definition) is 1. The number of nitrogen functional groups attached to an aromatic ring is 1. The van der Waals surface area contributed by atoms with Gasteiger partial charge in [0.15, 0.2) is 0 Å². The molecule has 0 spiro atoms. The van der Waals surface area contributed by atoms with Crippen molar-refractivity contribution >= 4 is 39.9 Å². The first-order valence-corrected chi connectivity index (χ1v) is 4.60. The molecule has 0 heterocycles. The van der Waals surface area contributed by atoms with Gasteiger partial charge in [0.1, 0.15) is 0 Å². The molecule has 1 aromatic rings. The Morgan fingerprint density at radius 3 is 2.31 bits per heavy atom. The van der Waals surface area contributed by atoms with Crippen LogP contribution < -0.4 is 5.73 Å². The van der Waals surface area contributed by atoms with Crippen LogP contribution in [-0.4, -0.2) is 0 Å². The van der Waals surface area contributed by atoms with Gasteiger partial charge in [-0.2, -0.15) is 13.2 Å². The third-order valence-electron chi connectivity index (χ3n) is 1.40. The Labute approximate surface area is 91.2 Å². The van der Waals surface area contributed by atoms with Crippen LogP contribution in [0, 0.1) is 3.57 Å². The smallest absolute Gasteiger partial charge is 0.397 e. The van der Waals surface area contributed by atoms with E-state index < -0.39 is 17.4 Å². The summed E-state index contributed by atoms with van der Waals surface area (Å²) in [5.74, 6) is 0. The van der Waals surface area contributed by atoms with E-state index in [-0.39, 0.29) is 5.02 Å². The molecule has 13 heavy (non-hydrogen) atoms. The molecule has 0 bridgehead atoms. The maximum Gasteiger partial charge on any atom is 0.418 e. The Morgan fingerprint density at radius 2 is 1.85 bits per heavy atom. The number of alkyl halides is 3. The first kappa shape index (κ1) is 10.9. The van der Waals surface area contributed by atoms with E-state index in [9.17, 15) is 13.2 Å². The molecule has 0 aliphatic carbocycles. The first-order chi connectivity index (χ1) is 5.82. The highest BCUT2D eigenvalue weighted by atomic mass is 127. The van der Waals surface area contributed by atoms with E-state index in [0.717, 1.165) is 6.07 Å². The minimum Gasteiger partial charge on any atom is -0.397 e. The van der Waals surface area contributed by atoms with E-state index in [2.05, 4.69) is 0 Å². The summed E-state index contributed by atoms with van der Waals surface area (Å²) in [6.45, 7) is 0. The number of nitrogens with two attached hydrogens (primary N) is 1. The van der Waals surface area contributed by atoms with Gasteiger partial charge in [-0.25, -0.2) is 0 Å². The summed E-state index contributed by atoms with van der Waals surface area (Å²) >= 11 is 7.24. The maximum atomic E-state index is 12.3. The molecule has 1 aromatic carbocycles. The van der Waals surface area contributed by atoms with Crippen molar-refractivity contribution in [3.63, 3.8) is 0 Å². The highest BCUT2D eigenvalue weighted by Gasteiger charge is 2.33. The monoisotopic (exact) mass is 321 g/mol. The van der Waals surface area contributed by atoms with E-state index in [4.69, 9.17) is 17.3 Å². The van der Waals surface area contributed by atoms with Crippen LogP contribution in [0.2, 0.25) is 5.02 Å². The van der Waals surface area contributed by atoms with Gasteiger partial charge in [0.05, 0.1) is 16.3 Å². The minimum atomic E-state index is -4.45. The van der Waals surface area contributed by atoms with Gasteiger partial charge < -0.3 is 5.73 Å². The molecule has 6 heteroatoms. The van der Waals surface area contributed by atoms with Crippen LogP contribution >= 0.6 is 34.2 Å². The van der Waals surface area contributed by atoms with Gasteiger partial charge >= 0.3 is 6.18 Å². The standard InChI is InChI=1S/C7H4ClF3IN/c8-5-2-3(12)1-4(6(5)13)7(9,10)11/h1-2H,13H2. The third-order valence-corrected chi connectivity index (χ3v) is 2.34. The molecule has 0 aromatic heterocycles. The predicted molar refractivity (Wildman–Crippen MR) is 53.6 cm³/mol. The van der Waals surface area contributed by atoms with Crippen LogP contribution in [0.25, 0.3) is 0 Å². The van der Waals surface area contributed by atoms with E-state index in [1.807, 2.05) is 0 Å². The summed E-state index contributed by atoms with van der Waals surface area (Å²) in [5, 5.41) is -0.0702. The molecule has 0 unspecified atom stereocenters. The second-order valence-corrected chi connectivity index (χ2v) is 4.00. The van der Waals surface area contributed by atoms with Crippen LogP contribution in [0.4, 0.5) is 18.9 Å². The predicted octanol–water partition coefficient (Wildman–Crippen LogP) is 3.55. The molecule has 1 nitrogen and oxygen atoms in total. The Hall–Kier alpha value is -0.170. The summed E-state index contributed by atoms with van der Waals surface area (Å²) in [7, 11) is 0. The van der Waals surface area contributed by atoms with E-state index in [1.165, 1.54) is 6.07 Å². The molecule has 72 valence electrons. The molecular weight excluding hydrogens is 317 g/mol. The van der Waals surface area contributed by atoms with Crippen LogP contribution in [-0.2, 0) is 6.18 Å². The number of benzene rings is 1. The van der Waals surface area contributed by atoms with Crippen molar-refractivity contribution in [2.24, 2.45) is 0 Å². The topological polar surface area (TPSA) is 26.0 Å². The highest BCUT2D eigenvalue weighted by molar-refractivity contribution is 14.1. The molecule has 0 amide bonds. The zero-order valence-electron chi connectivity index (χ0n) is 6.12. The molecule has 0 fully saturated rings. The zero-order valence-corrected chi connectivity index (χ0v) is 9.04. The van der Waals surface area contributed by atoms with Crippen LogP contribution in [0.1, 0.15) is 5.56 Å². The number of anilines is 1. The molecule has 0 saturated carbocycles. The van der Waals surface area contributed by atoms with E-state index in [1.54, 1.807) is 22.6 Å². The molecule has 0 aliphatic heterocycles. The van der Waals surface area contributed by atoms with Crippen molar-refractivity contribution in [1.29, 1.82) is 0 Å². The van der Waals surface area contributed by atoms with Crippen LogP contribution in [0.5, 0.6) is 0 Å². The number of halogens is 5. The fraction of sp³-hybridized carbons (Fsp3) is 0.143. The molecule has 1 rings (SSSR count). The van der Waals surface area contributed by atoms with Gasteiger partial charge in [-0.1, -0.05) is 11.6 Å². The summed E-state index contributed by atoms with van der Waals surface area (Å²) < 4.78 is 37.2. The number of rotatable bonds is 0.